The van der Waals surface area contributed by atoms with E-state index >= 15 is 0 Å². The van der Waals surface area contributed by atoms with Crippen molar-refractivity contribution in [2.24, 2.45) is 0 Å². The number of hydrogen-bond acceptors (Lipinski definition) is 5. The molecule has 1 atom stereocenters. The molecule has 0 amide bonds. The Morgan fingerprint density at radius 2 is 1.97 bits per heavy atom. The first-order valence-electron chi connectivity index (χ1n) is 10.8. The van der Waals surface area contributed by atoms with Crippen molar-refractivity contribution in [1.82, 2.24) is 19.7 Å². The number of benzene rings is 2. The topological polar surface area (TPSA) is 43.2 Å². The minimum absolute atomic E-state index is 0.166. The molecule has 1 fully saturated rings. The Balaban J connectivity index is 1.48. The zero-order valence-electron chi connectivity index (χ0n) is 18.4. The quantitative estimate of drug-likeness (QED) is 0.424. The summed E-state index contributed by atoms with van der Waals surface area (Å²) in [5.41, 5.74) is 3.25. The first-order chi connectivity index (χ1) is 15.5. The van der Waals surface area contributed by atoms with E-state index in [1.54, 1.807) is 17.8 Å². The summed E-state index contributed by atoms with van der Waals surface area (Å²) in [5, 5.41) is 9.81. The van der Waals surface area contributed by atoms with Gasteiger partial charge in [-0.25, -0.2) is 8.78 Å². The van der Waals surface area contributed by atoms with Gasteiger partial charge in [0.2, 0.25) is 0 Å². The van der Waals surface area contributed by atoms with Crippen molar-refractivity contribution < 1.29 is 13.5 Å². The molecule has 0 saturated carbocycles. The van der Waals surface area contributed by atoms with Crippen LogP contribution in [-0.2, 0) is 30.1 Å². The number of aryl methyl sites for hydroxylation is 1. The Hall–Kier alpha value is -2.29. The van der Waals surface area contributed by atoms with Crippen molar-refractivity contribution in [2.45, 2.75) is 56.4 Å². The van der Waals surface area contributed by atoms with Crippen LogP contribution in [0.3, 0.4) is 0 Å². The summed E-state index contributed by atoms with van der Waals surface area (Å²) in [4.78, 5) is 2.03. The van der Waals surface area contributed by atoms with Crippen LogP contribution in [-0.4, -0.2) is 39.4 Å². The molecule has 0 radical (unpaired) electrons. The van der Waals surface area contributed by atoms with Gasteiger partial charge >= 0.3 is 0 Å². The molecule has 1 aromatic heterocycles. The number of nitrogens with zero attached hydrogens (tertiary/aromatic N) is 4. The molecule has 0 spiro atoms. The Morgan fingerprint density at radius 3 is 2.72 bits per heavy atom. The zero-order valence-corrected chi connectivity index (χ0v) is 19.2. The maximum absolute atomic E-state index is 13.6. The van der Waals surface area contributed by atoms with E-state index in [0.717, 1.165) is 42.7 Å². The van der Waals surface area contributed by atoms with Crippen LogP contribution in [0.5, 0.6) is 0 Å². The lowest BCUT2D eigenvalue weighted by Gasteiger charge is -2.19. The number of rotatable bonds is 9. The van der Waals surface area contributed by atoms with Crippen molar-refractivity contribution in [3.8, 4) is 0 Å². The summed E-state index contributed by atoms with van der Waals surface area (Å²) in [6.45, 7) is 4.66. The normalized spacial score (nSPS) is 16.2. The van der Waals surface area contributed by atoms with Crippen LogP contribution in [0.15, 0.2) is 47.6 Å². The first-order valence-corrected chi connectivity index (χ1v) is 11.8. The van der Waals surface area contributed by atoms with Crippen LogP contribution in [0.2, 0.25) is 0 Å². The lowest BCUT2D eigenvalue weighted by Crippen LogP contribution is -2.23. The Kier molecular flexibility index (Phi) is 7.55. The summed E-state index contributed by atoms with van der Waals surface area (Å²) < 4.78 is 34.8. The molecule has 1 aliphatic heterocycles. The van der Waals surface area contributed by atoms with Crippen LogP contribution in [0.4, 0.5) is 8.78 Å². The third-order valence-electron chi connectivity index (χ3n) is 5.67. The van der Waals surface area contributed by atoms with E-state index in [4.69, 9.17) is 4.74 Å². The highest BCUT2D eigenvalue weighted by Gasteiger charge is 2.22. The highest BCUT2D eigenvalue weighted by atomic mass is 32.2. The average molecular weight is 459 g/mol. The van der Waals surface area contributed by atoms with E-state index in [2.05, 4.69) is 39.9 Å². The molecule has 170 valence electrons. The van der Waals surface area contributed by atoms with Gasteiger partial charge in [0.25, 0.3) is 0 Å². The monoisotopic (exact) mass is 458 g/mol. The molecule has 3 aromatic rings. The summed E-state index contributed by atoms with van der Waals surface area (Å²) >= 11 is 1.68. The van der Waals surface area contributed by atoms with E-state index < -0.39 is 11.6 Å². The second-order valence-electron chi connectivity index (χ2n) is 8.28. The second-order valence-corrected chi connectivity index (χ2v) is 9.22. The van der Waals surface area contributed by atoms with Crippen molar-refractivity contribution in [2.75, 3.05) is 13.7 Å². The van der Waals surface area contributed by atoms with Gasteiger partial charge in [0.1, 0.15) is 5.82 Å². The van der Waals surface area contributed by atoms with Gasteiger partial charge in [0, 0.05) is 18.9 Å². The molecule has 8 heteroatoms. The molecule has 1 saturated heterocycles. The molecule has 5 nitrogen and oxygen atoms in total. The van der Waals surface area contributed by atoms with Gasteiger partial charge in [0.15, 0.2) is 16.8 Å². The Labute approximate surface area is 191 Å². The third-order valence-corrected chi connectivity index (χ3v) is 6.69. The highest BCUT2D eigenvalue weighted by Crippen LogP contribution is 2.26. The molecule has 2 aromatic carbocycles. The fourth-order valence-corrected chi connectivity index (χ4v) is 4.92. The van der Waals surface area contributed by atoms with E-state index in [1.807, 2.05) is 18.0 Å². The van der Waals surface area contributed by atoms with Crippen LogP contribution < -0.4 is 0 Å². The first kappa shape index (κ1) is 22.9. The van der Waals surface area contributed by atoms with Crippen molar-refractivity contribution in [3.63, 3.8) is 0 Å². The molecule has 32 heavy (non-hydrogen) atoms. The number of hydrogen-bond donors (Lipinski definition) is 0. The van der Waals surface area contributed by atoms with E-state index in [0.29, 0.717) is 18.7 Å². The fourth-order valence-electron chi connectivity index (χ4n) is 3.88. The molecule has 0 bridgehead atoms. The number of aromatic nitrogens is 3. The predicted molar refractivity (Wildman–Crippen MR) is 121 cm³/mol. The maximum atomic E-state index is 13.6. The van der Waals surface area contributed by atoms with E-state index in [1.165, 1.54) is 23.3 Å². The Bertz CT molecular complexity index is 1050. The van der Waals surface area contributed by atoms with Gasteiger partial charge in [-0.1, -0.05) is 42.1 Å². The molecular weight excluding hydrogens is 430 g/mol. The van der Waals surface area contributed by atoms with Gasteiger partial charge in [0.05, 0.1) is 19.2 Å². The fraction of sp³-hybridized carbons (Fsp3) is 0.417. The minimum atomic E-state index is -0.831. The predicted octanol–water partition coefficient (Wildman–Crippen LogP) is 4.97. The summed E-state index contributed by atoms with van der Waals surface area (Å²) in [6.07, 6.45) is 2.27. The van der Waals surface area contributed by atoms with Crippen LogP contribution >= 0.6 is 11.8 Å². The standard InChI is InChI=1S/C24H28F2N4OS/c1-17-6-3-4-7-19(17)16-32-24-28-27-23(30(24)14-20-8-5-11-31-20)15-29(2)13-18-9-10-21(25)22(26)12-18/h3-4,6-7,9-10,12,20H,5,8,11,13-16H2,1-2H3/t20-/m0/s1. The number of thioether (sulfide) groups is 1. The zero-order chi connectivity index (χ0) is 22.5. The molecule has 0 N–H and O–H groups in total. The average Bonchev–Trinajstić information content (AvgIpc) is 3.41. The number of halogens is 2. The van der Waals surface area contributed by atoms with Gasteiger partial charge in [-0.05, 0) is 55.6 Å². The molecule has 2 heterocycles. The van der Waals surface area contributed by atoms with Gasteiger partial charge in [-0.3, -0.25) is 4.90 Å². The van der Waals surface area contributed by atoms with Crippen molar-refractivity contribution in [3.05, 3.63) is 76.6 Å². The second kappa shape index (κ2) is 10.6. The van der Waals surface area contributed by atoms with Crippen LogP contribution in [0.25, 0.3) is 0 Å². The van der Waals surface area contributed by atoms with E-state index in [9.17, 15) is 8.78 Å². The molecule has 0 aliphatic carbocycles. The van der Waals surface area contributed by atoms with Crippen LogP contribution in [0, 0.1) is 18.6 Å². The summed E-state index contributed by atoms with van der Waals surface area (Å²) in [6, 6.07) is 12.4. The van der Waals surface area contributed by atoms with Gasteiger partial charge in [-0.2, -0.15) is 0 Å². The number of ether oxygens (including phenoxy) is 1. The van der Waals surface area contributed by atoms with Gasteiger partial charge in [-0.15, -0.1) is 10.2 Å². The smallest absolute Gasteiger partial charge is 0.191 e. The minimum Gasteiger partial charge on any atom is -0.376 e. The molecule has 1 aliphatic rings. The van der Waals surface area contributed by atoms with Gasteiger partial charge < -0.3 is 9.30 Å². The SMILES string of the molecule is Cc1ccccc1CSc1nnc(CN(C)Cc2ccc(F)c(F)c2)n1C[C@@H]1CCCO1. The van der Waals surface area contributed by atoms with Crippen molar-refractivity contribution >= 4 is 11.8 Å². The molecule has 4 rings (SSSR count). The van der Waals surface area contributed by atoms with Crippen molar-refractivity contribution in [1.29, 1.82) is 0 Å². The van der Waals surface area contributed by atoms with E-state index in [-0.39, 0.29) is 6.10 Å². The lowest BCUT2D eigenvalue weighted by molar-refractivity contribution is 0.0934. The summed E-state index contributed by atoms with van der Waals surface area (Å²) in [7, 11) is 1.94. The highest BCUT2D eigenvalue weighted by molar-refractivity contribution is 7.98. The largest absolute Gasteiger partial charge is 0.376 e. The molecular formula is C24H28F2N4OS. The third kappa shape index (κ3) is 5.74. The lowest BCUT2D eigenvalue weighted by atomic mass is 10.1. The molecule has 0 unspecified atom stereocenters. The maximum Gasteiger partial charge on any atom is 0.191 e. The summed E-state index contributed by atoms with van der Waals surface area (Å²) in [5.74, 6) is 0.00864. The Morgan fingerprint density at radius 1 is 1.12 bits per heavy atom. The van der Waals surface area contributed by atoms with Crippen LogP contribution in [0.1, 0.15) is 35.4 Å².